The summed E-state index contributed by atoms with van der Waals surface area (Å²) in [5.41, 5.74) is 2.32. The Balaban J connectivity index is 0.00000363. The lowest BCUT2D eigenvalue weighted by atomic mass is 10.00. The van der Waals surface area contributed by atoms with Gasteiger partial charge in [-0.25, -0.2) is 0 Å². The van der Waals surface area contributed by atoms with Crippen LogP contribution in [0.3, 0.4) is 0 Å². The molecule has 0 aromatic heterocycles. The van der Waals surface area contributed by atoms with E-state index in [-0.39, 0.29) is 30.6 Å². The fraction of sp³-hybridized carbons (Fsp3) is 0.500. The number of carbonyl (C=O) groups excluding carboxylic acids is 1. The molecule has 0 saturated carbocycles. The number of benzene rings is 2. The number of nitrogens with zero attached hydrogens (tertiary/aromatic N) is 1. The number of hydrogen-bond acceptors (Lipinski definition) is 4. The number of hydrogen-bond donors (Lipinski definition) is 0. The number of rotatable bonds is 11. The predicted molar refractivity (Wildman–Crippen MR) is 133 cm³/mol. The van der Waals surface area contributed by atoms with E-state index >= 15 is 0 Å². The summed E-state index contributed by atoms with van der Waals surface area (Å²) in [5.74, 6) is -0.102. The van der Waals surface area contributed by atoms with E-state index in [1.54, 1.807) is 0 Å². The van der Waals surface area contributed by atoms with Gasteiger partial charge in [-0.15, -0.1) is 12.4 Å². The van der Waals surface area contributed by atoms with Gasteiger partial charge in [0.15, 0.2) is 0 Å². The zero-order valence-electron chi connectivity index (χ0n) is 18.9. The van der Waals surface area contributed by atoms with E-state index in [1.807, 2.05) is 18.2 Å². The van der Waals surface area contributed by atoms with Gasteiger partial charge in [0.25, 0.3) is 0 Å². The van der Waals surface area contributed by atoms with Crippen molar-refractivity contribution in [3.63, 3.8) is 0 Å². The monoisotopic (exact) mass is 479 g/mol. The van der Waals surface area contributed by atoms with Gasteiger partial charge in [0, 0.05) is 24.5 Å². The Morgan fingerprint density at radius 3 is 2.25 bits per heavy atom. The van der Waals surface area contributed by atoms with E-state index in [0.717, 1.165) is 55.9 Å². The van der Waals surface area contributed by atoms with Gasteiger partial charge in [-0.2, -0.15) is 0 Å². The molecule has 1 fully saturated rings. The summed E-state index contributed by atoms with van der Waals surface area (Å²) in [6.45, 7) is 3.29. The third kappa shape index (κ3) is 8.74. The maximum Gasteiger partial charge on any atom is 0.305 e. The summed E-state index contributed by atoms with van der Waals surface area (Å²) >= 11 is 6.09. The molecule has 0 aliphatic carbocycles. The van der Waals surface area contributed by atoms with Gasteiger partial charge in [-0.1, -0.05) is 66.9 Å². The molecule has 2 aromatic carbocycles. The molecule has 0 bridgehead atoms. The minimum absolute atomic E-state index is 0. The SMILES string of the molecule is COC(=O)CCCCCCN1CCC(OC(c2ccccc2)c2ccc(Cl)cc2)CC1.Cl. The van der Waals surface area contributed by atoms with Crippen LogP contribution in [-0.4, -0.2) is 43.7 Å². The van der Waals surface area contributed by atoms with Gasteiger partial charge >= 0.3 is 5.97 Å². The van der Waals surface area contributed by atoms with E-state index < -0.39 is 0 Å². The molecule has 2 aromatic rings. The first-order chi connectivity index (χ1) is 15.2. The van der Waals surface area contributed by atoms with Crippen molar-refractivity contribution in [3.8, 4) is 0 Å². The van der Waals surface area contributed by atoms with Crippen LogP contribution in [0.5, 0.6) is 0 Å². The highest BCUT2D eigenvalue weighted by molar-refractivity contribution is 6.30. The lowest BCUT2D eigenvalue weighted by Gasteiger charge is -2.34. The molecular weight excluding hydrogens is 445 g/mol. The van der Waals surface area contributed by atoms with Crippen LogP contribution in [0.4, 0.5) is 0 Å². The van der Waals surface area contributed by atoms with E-state index in [1.165, 1.54) is 25.5 Å². The van der Waals surface area contributed by atoms with Crippen molar-refractivity contribution in [1.82, 2.24) is 4.90 Å². The summed E-state index contributed by atoms with van der Waals surface area (Å²) in [5, 5.41) is 0.745. The second kappa shape index (κ2) is 14.5. The number of halogens is 2. The Morgan fingerprint density at radius 1 is 0.969 bits per heavy atom. The molecule has 1 unspecified atom stereocenters. The average Bonchev–Trinajstić information content (AvgIpc) is 2.81. The number of esters is 1. The highest BCUT2D eigenvalue weighted by Gasteiger charge is 2.24. The number of piperidine rings is 1. The Hall–Kier alpha value is -1.59. The normalized spacial score (nSPS) is 15.7. The maximum atomic E-state index is 11.1. The minimum atomic E-state index is -0.102. The first-order valence-electron chi connectivity index (χ1n) is 11.4. The van der Waals surface area contributed by atoms with Crippen LogP contribution in [0, 0.1) is 0 Å². The number of methoxy groups -OCH3 is 1. The first kappa shape index (κ1) is 26.7. The van der Waals surface area contributed by atoms with Crippen molar-refractivity contribution in [2.75, 3.05) is 26.7 Å². The standard InChI is InChI=1S/C26H34ClNO3.ClH/c1-30-25(29)11-7-2-3-8-18-28-19-16-24(17-20-28)31-26(21-9-5-4-6-10-21)22-12-14-23(27)15-13-22;/h4-6,9-10,12-15,24,26H,2-3,7-8,11,16-20H2,1H3;1H. The topological polar surface area (TPSA) is 38.8 Å². The largest absolute Gasteiger partial charge is 0.469 e. The fourth-order valence-electron chi connectivity index (χ4n) is 4.14. The fourth-order valence-corrected chi connectivity index (χ4v) is 4.26. The third-order valence-electron chi connectivity index (χ3n) is 5.97. The van der Waals surface area contributed by atoms with Crippen LogP contribution in [0.1, 0.15) is 62.2 Å². The highest BCUT2D eigenvalue weighted by Crippen LogP contribution is 2.30. The predicted octanol–water partition coefficient (Wildman–Crippen LogP) is 6.46. The van der Waals surface area contributed by atoms with Crippen LogP contribution >= 0.6 is 24.0 Å². The van der Waals surface area contributed by atoms with Gasteiger partial charge in [0.05, 0.1) is 13.2 Å². The smallest absolute Gasteiger partial charge is 0.305 e. The van der Waals surface area contributed by atoms with E-state index in [4.69, 9.17) is 16.3 Å². The molecule has 1 aliphatic rings. The molecule has 3 rings (SSSR count). The number of ether oxygens (including phenoxy) is 2. The summed E-state index contributed by atoms with van der Waals surface area (Å²) < 4.78 is 11.3. The lowest BCUT2D eigenvalue weighted by Crippen LogP contribution is -2.38. The maximum absolute atomic E-state index is 11.1. The van der Waals surface area contributed by atoms with Gasteiger partial charge in [0.1, 0.15) is 6.10 Å². The molecule has 1 heterocycles. The van der Waals surface area contributed by atoms with Crippen molar-refractivity contribution >= 4 is 30.0 Å². The van der Waals surface area contributed by atoms with Crippen molar-refractivity contribution in [1.29, 1.82) is 0 Å². The summed E-state index contributed by atoms with van der Waals surface area (Å²) in [6, 6.07) is 18.4. The molecule has 6 heteroatoms. The second-order valence-electron chi connectivity index (χ2n) is 8.26. The molecule has 1 atom stereocenters. The molecular formula is C26H35Cl2NO3. The Labute approximate surface area is 203 Å². The van der Waals surface area contributed by atoms with Crippen molar-refractivity contribution < 1.29 is 14.3 Å². The molecule has 0 N–H and O–H groups in total. The molecule has 1 aliphatic heterocycles. The van der Waals surface area contributed by atoms with Gasteiger partial charge < -0.3 is 14.4 Å². The zero-order chi connectivity index (χ0) is 21.9. The van der Waals surface area contributed by atoms with E-state index in [9.17, 15) is 4.79 Å². The van der Waals surface area contributed by atoms with Crippen molar-refractivity contribution in [3.05, 3.63) is 70.7 Å². The van der Waals surface area contributed by atoms with Gasteiger partial charge in [-0.3, -0.25) is 4.79 Å². The Kier molecular flexibility index (Phi) is 12.1. The molecule has 176 valence electrons. The molecule has 4 nitrogen and oxygen atoms in total. The first-order valence-corrected chi connectivity index (χ1v) is 11.8. The lowest BCUT2D eigenvalue weighted by molar-refractivity contribution is -0.140. The molecule has 0 radical (unpaired) electrons. The molecule has 32 heavy (non-hydrogen) atoms. The number of carbonyl (C=O) groups is 1. The number of likely N-dealkylation sites (tertiary alicyclic amines) is 1. The van der Waals surface area contributed by atoms with Crippen LogP contribution in [0.2, 0.25) is 5.02 Å². The summed E-state index contributed by atoms with van der Waals surface area (Å²) in [4.78, 5) is 13.7. The van der Waals surface area contributed by atoms with E-state index in [2.05, 4.69) is 46.0 Å². The van der Waals surface area contributed by atoms with Crippen LogP contribution < -0.4 is 0 Å². The summed E-state index contributed by atoms with van der Waals surface area (Å²) in [7, 11) is 1.45. The zero-order valence-corrected chi connectivity index (χ0v) is 20.5. The van der Waals surface area contributed by atoms with Crippen LogP contribution in [0.25, 0.3) is 0 Å². The average molecular weight is 480 g/mol. The van der Waals surface area contributed by atoms with E-state index in [0.29, 0.717) is 6.42 Å². The molecule has 1 saturated heterocycles. The minimum Gasteiger partial charge on any atom is -0.469 e. The molecule has 0 amide bonds. The second-order valence-corrected chi connectivity index (χ2v) is 8.70. The number of unbranched alkanes of at least 4 members (excludes halogenated alkanes) is 3. The highest BCUT2D eigenvalue weighted by atomic mass is 35.5. The van der Waals surface area contributed by atoms with Gasteiger partial charge in [-0.05, 0) is 55.5 Å². The van der Waals surface area contributed by atoms with Crippen LogP contribution in [-0.2, 0) is 14.3 Å². The third-order valence-corrected chi connectivity index (χ3v) is 6.22. The van der Waals surface area contributed by atoms with Gasteiger partial charge in [0.2, 0.25) is 0 Å². The quantitative estimate of drug-likeness (QED) is 0.274. The Morgan fingerprint density at radius 2 is 1.59 bits per heavy atom. The summed E-state index contributed by atoms with van der Waals surface area (Å²) in [6.07, 6.45) is 7.21. The Bertz CT molecular complexity index is 777. The molecule has 0 spiro atoms. The van der Waals surface area contributed by atoms with Crippen LogP contribution in [0.15, 0.2) is 54.6 Å². The van der Waals surface area contributed by atoms with Crippen molar-refractivity contribution in [2.24, 2.45) is 0 Å². The van der Waals surface area contributed by atoms with Crippen molar-refractivity contribution in [2.45, 2.75) is 57.2 Å².